The summed E-state index contributed by atoms with van der Waals surface area (Å²) in [5.41, 5.74) is 3.11. The number of hydrogen-bond donors (Lipinski definition) is 0. The van der Waals surface area contributed by atoms with Crippen molar-refractivity contribution in [3.05, 3.63) is 29.3 Å². The molecule has 76 valence electrons. The van der Waals surface area contributed by atoms with Crippen LogP contribution in [0.4, 0.5) is 0 Å². The van der Waals surface area contributed by atoms with Crippen molar-refractivity contribution < 1.29 is 4.74 Å². The SMILES string of the molecule is COc1ccc(C2(CBr)CC2)cc1C. The molecule has 0 N–H and O–H groups in total. The summed E-state index contributed by atoms with van der Waals surface area (Å²) in [5, 5.41) is 1.08. The Balaban J connectivity index is 2.33. The van der Waals surface area contributed by atoms with Crippen molar-refractivity contribution in [2.45, 2.75) is 25.2 Å². The first-order valence-electron chi connectivity index (χ1n) is 4.93. The van der Waals surface area contributed by atoms with Gasteiger partial charge in [-0.15, -0.1) is 0 Å². The summed E-state index contributed by atoms with van der Waals surface area (Å²) in [6, 6.07) is 6.53. The molecule has 0 amide bonds. The van der Waals surface area contributed by atoms with Crippen LogP contribution in [-0.2, 0) is 5.41 Å². The number of benzene rings is 1. The molecule has 2 heteroatoms. The fourth-order valence-corrected chi connectivity index (χ4v) is 2.74. The zero-order chi connectivity index (χ0) is 10.2. The monoisotopic (exact) mass is 254 g/mol. The van der Waals surface area contributed by atoms with E-state index in [1.54, 1.807) is 7.11 Å². The molecule has 1 saturated carbocycles. The lowest BCUT2D eigenvalue weighted by molar-refractivity contribution is 0.411. The van der Waals surface area contributed by atoms with Gasteiger partial charge in [-0.3, -0.25) is 0 Å². The third-order valence-electron chi connectivity index (χ3n) is 3.12. The van der Waals surface area contributed by atoms with Gasteiger partial charge in [0, 0.05) is 10.7 Å². The van der Waals surface area contributed by atoms with E-state index < -0.39 is 0 Å². The number of aryl methyl sites for hydroxylation is 1. The topological polar surface area (TPSA) is 9.23 Å². The number of methoxy groups -OCH3 is 1. The smallest absolute Gasteiger partial charge is 0.121 e. The molecule has 0 aromatic heterocycles. The Kier molecular flexibility index (Phi) is 2.56. The lowest BCUT2D eigenvalue weighted by Crippen LogP contribution is -2.08. The van der Waals surface area contributed by atoms with Crippen molar-refractivity contribution in [3.8, 4) is 5.75 Å². The van der Waals surface area contributed by atoms with Crippen molar-refractivity contribution in [3.63, 3.8) is 0 Å². The summed E-state index contributed by atoms with van der Waals surface area (Å²) in [6.07, 6.45) is 2.62. The highest BCUT2D eigenvalue weighted by atomic mass is 79.9. The van der Waals surface area contributed by atoms with Crippen molar-refractivity contribution in [2.75, 3.05) is 12.4 Å². The average molecular weight is 255 g/mol. The van der Waals surface area contributed by atoms with Crippen LogP contribution in [0.1, 0.15) is 24.0 Å². The molecule has 0 bridgehead atoms. The molecular formula is C12H15BrO. The number of halogens is 1. The van der Waals surface area contributed by atoms with Crippen LogP contribution in [0.25, 0.3) is 0 Å². The quantitative estimate of drug-likeness (QED) is 0.752. The number of alkyl halides is 1. The maximum atomic E-state index is 5.25. The Labute approximate surface area is 93.6 Å². The third kappa shape index (κ3) is 1.56. The molecule has 0 unspecified atom stereocenters. The summed E-state index contributed by atoms with van der Waals surface area (Å²) in [4.78, 5) is 0. The zero-order valence-electron chi connectivity index (χ0n) is 8.64. The van der Waals surface area contributed by atoms with Crippen molar-refractivity contribution in [1.29, 1.82) is 0 Å². The van der Waals surface area contributed by atoms with Crippen molar-refractivity contribution in [2.24, 2.45) is 0 Å². The zero-order valence-corrected chi connectivity index (χ0v) is 10.2. The van der Waals surface area contributed by atoms with E-state index in [-0.39, 0.29) is 0 Å². The van der Waals surface area contributed by atoms with Crippen LogP contribution in [0.3, 0.4) is 0 Å². The van der Waals surface area contributed by atoms with Gasteiger partial charge in [-0.05, 0) is 37.0 Å². The fraction of sp³-hybridized carbons (Fsp3) is 0.500. The standard InChI is InChI=1S/C12H15BrO/c1-9-7-10(3-4-11(9)14-2)12(8-13)5-6-12/h3-4,7H,5-6,8H2,1-2H3. The van der Waals surface area contributed by atoms with Crippen LogP contribution < -0.4 is 4.74 Å². The van der Waals surface area contributed by atoms with Crippen LogP contribution >= 0.6 is 15.9 Å². The summed E-state index contributed by atoms with van der Waals surface area (Å²) in [6.45, 7) is 2.10. The molecule has 2 rings (SSSR count). The average Bonchev–Trinajstić information content (AvgIpc) is 2.98. The van der Waals surface area contributed by atoms with Gasteiger partial charge in [0.1, 0.15) is 5.75 Å². The van der Waals surface area contributed by atoms with Gasteiger partial charge >= 0.3 is 0 Å². The first kappa shape index (κ1) is 10.0. The van der Waals surface area contributed by atoms with Crippen molar-refractivity contribution in [1.82, 2.24) is 0 Å². The van der Waals surface area contributed by atoms with E-state index in [0.717, 1.165) is 11.1 Å². The molecule has 1 aliphatic carbocycles. The van der Waals surface area contributed by atoms with Crippen LogP contribution in [0.15, 0.2) is 18.2 Å². The molecule has 0 saturated heterocycles. The Hall–Kier alpha value is -0.500. The van der Waals surface area contributed by atoms with Gasteiger partial charge in [0.2, 0.25) is 0 Å². The van der Waals surface area contributed by atoms with Crippen LogP contribution in [0.5, 0.6) is 5.75 Å². The molecule has 0 atom stereocenters. The second-order valence-corrected chi connectivity index (χ2v) is 4.66. The lowest BCUT2D eigenvalue weighted by atomic mass is 9.96. The summed E-state index contributed by atoms with van der Waals surface area (Å²) in [5.74, 6) is 0.985. The Morgan fingerprint density at radius 2 is 2.14 bits per heavy atom. The normalized spacial score (nSPS) is 17.9. The van der Waals surface area contributed by atoms with E-state index in [4.69, 9.17) is 4.74 Å². The van der Waals surface area contributed by atoms with E-state index in [1.165, 1.54) is 24.0 Å². The molecule has 0 spiro atoms. The van der Waals surface area contributed by atoms with Crippen LogP contribution in [-0.4, -0.2) is 12.4 Å². The van der Waals surface area contributed by atoms with Crippen molar-refractivity contribution >= 4 is 15.9 Å². The van der Waals surface area contributed by atoms with Crippen LogP contribution in [0, 0.1) is 6.92 Å². The number of rotatable bonds is 3. The first-order valence-corrected chi connectivity index (χ1v) is 6.05. The minimum atomic E-state index is 0.428. The minimum Gasteiger partial charge on any atom is -0.496 e. The van der Waals surface area contributed by atoms with E-state index in [1.807, 2.05) is 0 Å². The summed E-state index contributed by atoms with van der Waals surface area (Å²) < 4.78 is 5.25. The molecule has 0 aliphatic heterocycles. The van der Waals surface area contributed by atoms with E-state index >= 15 is 0 Å². The van der Waals surface area contributed by atoms with Gasteiger partial charge in [0.05, 0.1) is 7.11 Å². The molecule has 0 heterocycles. The van der Waals surface area contributed by atoms with Gasteiger partial charge < -0.3 is 4.74 Å². The number of hydrogen-bond acceptors (Lipinski definition) is 1. The predicted molar refractivity (Wildman–Crippen MR) is 62.4 cm³/mol. The molecule has 1 aliphatic rings. The minimum absolute atomic E-state index is 0.428. The molecule has 1 aromatic rings. The molecular weight excluding hydrogens is 240 g/mol. The molecule has 1 fully saturated rings. The maximum Gasteiger partial charge on any atom is 0.121 e. The first-order chi connectivity index (χ1) is 6.72. The van der Waals surface area contributed by atoms with Gasteiger partial charge in [-0.2, -0.15) is 0 Å². The number of ether oxygens (including phenoxy) is 1. The van der Waals surface area contributed by atoms with Gasteiger partial charge in [-0.25, -0.2) is 0 Å². The fourth-order valence-electron chi connectivity index (χ4n) is 1.86. The van der Waals surface area contributed by atoms with E-state index in [0.29, 0.717) is 5.41 Å². The highest BCUT2D eigenvalue weighted by molar-refractivity contribution is 9.09. The van der Waals surface area contributed by atoms with Gasteiger partial charge in [0.25, 0.3) is 0 Å². The Morgan fingerprint density at radius 3 is 2.57 bits per heavy atom. The molecule has 14 heavy (non-hydrogen) atoms. The predicted octanol–water partition coefficient (Wildman–Crippen LogP) is 3.43. The molecule has 1 nitrogen and oxygen atoms in total. The van der Waals surface area contributed by atoms with E-state index in [2.05, 4.69) is 41.1 Å². The second kappa shape index (κ2) is 3.58. The Bertz CT molecular complexity index is 342. The summed E-state index contributed by atoms with van der Waals surface area (Å²) in [7, 11) is 1.72. The van der Waals surface area contributed by atoms with E-state index in [9.17, 15) is 0 Å². The largest absolute Gasteiger partial charge is 0.496 e. The highest BCUT2D eigenvalue weighted by Gasteiger charge is 2.43. The highest BCUT2D eigenvalue weighted by Crippen LogP contribution is 2.49. The van der Waals surface area contributed by atoms with Gasteiger partial charge in [0.15, 0.2) is 0 Å². The lowest BCUT2D eigenvalue weighted by Gasteiger charge is -2.14. The third-order valence-corrected chi connectivity index (χ3v) is 4.19. The van der Waals surface area contributed by atoms with Crippen LogP contribution in [0.2, 0.25) is 0 Å². The van der Waals surface area contributed by atoms with Gasteiger partial charge in [-0.1, -0.05) is 28.1 Å². The maximum absolute atomic E-state index is 5.25. The molecule has 1 aromatic carbocycles. The Morgan fingerprint density at radius 1 is 1.43 bits per heavy atom. The molecule has 0 radical (unpaired) electrons. The second-order valence-electron chi connectivity index (χ2n) is 4.10. The summed E-state index contributed by atoms with van der Waals surface area (Å²) >= 11 is 3.60.